The maximum atomic E-state index is 14.6. The SMILES string of the molecule is O=C([C@H]1C[C@@](c2ccc(C(F)(C(F)(F)F)C(F)(F)F)cc2)(S(=O)(=O)c2ccc(F)cc2)C1)N1Cc2ccncc2C1. The topological polar surface area (TPSA) is 67.3 Å². The summed E-state index contributed by atoms with van der Waals surface area (Å²) in [4.78, 5) is 18.4. The summed E-state index contributed by atoms with van der Waals surface area (Å²) >= 11 is 0. The third-order valence-electron chi connectivity index (χ3n) is 7.77. The quantitative estimate of drug-likeness (QED) is 0.260. The monoisotopic (exact) mass is 604 g/mol. The Bertz CT molecular complexity index is 1540. The number of rotatable bonds is 5. The first-order chi connectivity index (χ1) is 19.0. The van der Waals surface area contributed by atoms with Crippen molar-refractivity contribution in [1.29, 1.82) is 0 Å². The third-order valence-corrected chi connectivity index (χ3v) is 10.3. The lowest BCUT2D eigenvalue weighted by Gasteiger charge is -2.47. The van der Waals surface area contributed by atoms with Gasteiger partial charge < -0.3 is 4.90 Å². The molecule has 0 radical (unpaired) electrons. The zero-order valence-electron chi connectivity index (χ0n) is 20.8. The number of nitrogens with zero attached hydrogens (tertiary/aromatic N) is 2. The first kappa shape index (κ1) is 29.0. The van der Waals surface area contributed by atoms with Crippen molar-refractivity contribution in [2.75, 3.05) is 0 Å². The molecule has 2 aliphatic rings. The highest BCUT2D eigenvalue weighted by molar-refractivity contribution is 7.92. The lowest BCUT2D eigenvalue weighted by Crippen LogP contribution is -2.53. The van der Waals surface area contributed by atoms with Crippen LogP contribution in [-0.2, 0) is 38.1 Å². The number of hydrogen-bond acceptors (Lipinski definition) is 4. The van der Waals surface area contributed by atoms with Gasteiger partial charge in [0.25, 0.3) is 0 Å². The number of amides is 1. The fraction of sp³-hybridized carbons (Fsp3) is 0.333. The molecule has 218 valence electrons. The maximum Gasteiger partial charge on any atom is 0.435 e. The molecule has 1 aliphatic heterocycles. The third kappa shape index (κ3) is 4.46. The highest BCUT2D eigenvalue weighted by Gasteiger charge is 2.73. The van der Waals surface area contributed by atoms with Gasteiger partial charge in [-0.1, -0.05) is 24.3 Å². The van der Waals surface area contributed by atoms with Crippen LogP contribution in [0.4, 0.5) is 35.1 Å². The molecule has 0 spiro atoms. The van der Waals surface area contributed by atoms with Crippen LogP contribution in [0, 0.1) is 11.7 Å². The van der Waals surface area contributed by atoms with Crippen LogP contribution in [0.2, 0.25) is 0 Å². The zero-order valence-corrected chi connectivity index (χ0v) is 21.6. The summed E-state index contributed by atoms with van der Waals surface area (Å²) in [5, 5.41) is 0. The van der Waals surface area contributed by atoms with E-state index in [1.807, 2.05) is 0 Å². The molecule has 41 heavy (non-hydrogen) atoms. The number of hydrogen-bond donors (Lipinski definition) is 0. The number of carbonyl (C=O) groups is 1. The predicted octanol–water partition coefficient (Wildman–Crippen LogP) is 6.13. The Morgan fingerprint density at radius 2 is 1.39 bits per heavy atom. The van der Waals surface area contributed by atoms with Gasteiger partial charge in [0.1, 0.15) is 10.6 Å². The Morgan fingerprint density at radius 1 is 0.829 bits per heavy atom. The number of halogens is 8. The molecule has 0 atom stereocenters. The minimum atomic E-state index is -6.35. The second kappa shape index (κ2) is 9.50. The highest BCUT2D eigenvalue weighted by Crippen LogP contribution is 2.57. The van der Waals surface area contributed by atoms with Gasteiger partial charge in [-0.25, -0.2) is 17.2 Å². The van der Waals surface area contributed by atoms with Gasteiger partial charge in [0.05, 0.1) is 4.90 Å². The maximum absolute atomic E-state index is 14.6. The van der Waals surface area contributed by atoms with E-state index in [0.29, 0.717) is 12.1 Å². The van der Waals surface area contributed by atoms with E-state index in [0.717, 1.165) is 35.4 Å². The molecule has 0 unspecified atom stereocenters. The largest absolute Gasteiger partial charge is 0.435 e. The van der Waals surface area contributed by atoms with Crippen LogP contribution in [0.1, 0.15) is 35.1 Å². The van der Waals surface area contributed by atoms with E-state index in [9.17, 15) is 48.3 Å². The minimum Gasteiger partial charge on any atom is -0.334 e. The van der Waals surface area contributed by atoms with E-state index in [2.05, 4.69) is 4.98 Å². The second-order valence-corrected chi connectivity index (χ2v) is 12.4. The lowest BCUT2D eigenvalue weighted by molar-refractivity contribution is -0.348. The molecule has 5 rings (SSSR count). The summed E-state index contributed by atoms with van der Waals surface area (Å²) < 4.78 is 133. The summed E-state index contributed by atoms with van der Waals surface area (Å²) in [5.74, 6) is -1.98. The van der Waals surface area contributed by atoms with E-state index in [1.165, 1.54) is 4.90 Å². The molecule has 1 amide bonds. The summed E-state index contributed by atoms with van der Waals surface area (Å²) in [6.45, 7) is 0.492. The van der Waals surface area contributed by atoms with Crippen LogP contribution in [0.5, 0.6) is 0 Å². The van der Waals surface area contributed by atoms with Crippen LogP contribution in [0.15, 0.2) is 71.9 Å². The summed E-state index contributed by atoms with van der Waals surface area (Å²) in [6.07, 6.45) is -10.2. The van der Waals surface area contributed by atoms with Gasteiger partial charge in [0.15, 0.2) is 9.84 Å². The lowest BCUT2D eigenvalue weighted by atomic mass is 9.69. The first-order valence-electron chi connectivity index (χ1n) is 12.2. The molecule has 1 fully saturated rings. The van der Waals surface area contributed by atoms with Crippen LogP contribution in [-0.4, -0.2) is 36.6 Å². The molecule has 1 aliphatic carbocycles. The molecular formula is C27H20F8N2O3S. The van der Waals surface area contributed by atoms with Crippen LogP contribution in [0.25, 0.3) is 0 Å². The van der Waals surface area contributed by atoms with Crippen molar-refractivity contribution < 1.29 is 48.3 Å². The Kier molecular flexibility index (Phi) is 6.71. The number of fused-ring (bicyclic) bond motifs is 1. The Hall–Kier alpha value is -3.55. The van der Waals surface area contributed by atoms with Crippen molar-refractivity contribution in [2.24, 2.45) is 5.92 Å². The van der Waals surface area contributed by atoms with Gasteiger partial charge in [-0.05, 0) is 59.9 Å². The van der Waals surface area contributed by atoms with Crippen LogP contribution < -0.4 is 0 Å². The average molecular weight is 605 g/mol. The van der Waals surface area contributed by atoms with Crippen molar-refractivity contribution in [3.63, 3.8) is 0 Å². The van der Waals surface area contributed by atoms with E-state index in [1.54, 1.807) is 18.5 Å². The van der Waals surface area contributed by atoms with Crippen molar-refractivity contribution in [2.45, 2.75) is 53.6 Å². The van der Waals surface area contributed by atoms with E-state index >= 15 is 0 Å². The van der Waals surface area contributed by atoms with Crippen molar-refractivity contribution in [3.05, 3.63) is 95.1 Å². The number of pyridine rings is 1. The van der Waals surface area contributed by atoms with Crippen molar-refractivity contribution in [1.82, 2.24) is 9.88 Å². The smallest absolute Gasteiger partial charge is 0.334 e. The normalized spacial score (nSPS) is 21.4. The molecule has 2 aromatic carbocycles. The molecule has 3 aromatic rings. The summed E-state index contributed by atoms with van der Waals surface area (Å²) in [6, 6.07) is 7.33. The van der Waals surface area contributed by atoms with Crippen molar-refractivity contribution >= 4 is 15.7 Å². The van der Waals surface area contributed by atoms with Gasteiger partial charge >= 0.3 is 18.0 Å². The highest BCUT2D eigenvalue weighted by atomic mass is 32.2. The van der Waals surface area contributed by atoms with Gasteiger partial charge in [0.2, 0.25) is 5.91 Å². The molecule has 1 aromatic heterocycles. The van der Waals surface area contributed by atoms with E-state index < -0.39 is 49.9 Å². The number of aromatic nitrogens is 1. The molecule has 0 bridgehead atoms. The molecule has 2 heterocycles. The first-order valence-corrected chi connectivity index (χ1v) is 13.6. The molecule has 14 heteroatoms. The van der Waals surface area contributed by atoms with E-state index in [-0.39, 0.29) is 54.4 Å². The molecule has 0 saturated heterocycles. The number of carbonyl (C=O) groups excluding carboxylic acids is 1. The predicted molar refractivity (Wildman–Crippen MR) is 128 cm³/mol. The fourth-order valence-electron chi connectivity index (χ4n) is 5.49. The van der Waals surface area contributed by atoms with Gasteiger partial charge in [-0.3, -0.25) is 9.78 Å². The fourth-order valence-corrected chi connectivity index (χ4v) is 7.72. The van der Waals surface area contributed by atoms with Gasteiger partial charge in [-0.2, -0.15) is 26.3 Å². The minimum absolute atomic E-state index is 0.227. The zero-order chi connectivity index (χ0) is 30.0. The average Bonchev–Trinajstić information content (AvgIpc) is 3.31. The van der Waals surface area contributed by atoms with Crippen LogP contribution >= 0.6 is 0 Å². The Morgan fingerprint density at radius 3 is 1.93 bits per heavy atom. The number of sulfone groups is 1. The molecule has 5 nitrogen and oxygen atoms in total. The molecule has 0 N–H and O–H groups in total. The Balaban J connectivity index is 1.51. The van der Waals surface area contributed by atoms with Gasteiger partial charge in [-0.15, -0.1) is 0 Å². The number of alkyl halides is 7. The molecule has 1 saturated carbocycles. The summed E-state index contributed by atoms with van der Waals surface area (Å²) in [5.41, 5.74) is -6.03. The molecular weight excluding hydrogens is 584 g/mol. The summed E-state index contributed by atoms with van der Waals surface area (Å²) in [7, 11) is -4.47. The van der Waals surface area contributed by atoms with Crippen molar-refractivity contribution in [3.8, 4) is 0 Å². The Labute approximate surface area is 228 Å². The van der Waals surface area contributed by atoms with Crippen LogP contribution in [0.3, 0.4) is 0 Å². The standard InChI is InChI=1S/C27H20F8N2O3S/c28-21-5-7-22(8-6-21)41(39,40)24(11-17(12-24)23(38)37-14-16-9-10-36-13-18(16)15-37)19-1-3-20(4-2-19)25(29,26(30,31)32)27(33,34)35/h1-10,13,17H,11-12,14-15H2/t17-,24+. The van der Waals surface area contributed by atoms with E-state index in [4.69, 9.17) is 0 Å². The second-order valence-electron chi connectivity index (χ2n) is 10.1. The number of benzene rings is 2. The van der Waals surface area contributed by atoms with Gasteiger partial charge in [0, 0.05) is 37.0 Å².